The fourth-order valence-electron chi connectivity index (χ4n) is 3.41. The Bertz CT molecular complexity index is 509. The average molecular weight is 273 g/mol. The lowest BCUT2D eigenvalue weighted by Gasteiger charge is -2.33. The monoisotopic (exact) mass is 273 g/mol. The molecule has 0 heterocycles. The number of rotatable bonds is 5. The van der Waals surface area contributed by atoms with Gasteiger partial charge in [-0.25, -0.2) is 4.79 Å². The highest BCUT2D eigenvalue weighted by molar-refractivity contribution is 5.44. The van der Waals surface area contributed by atoms with Gasteiger partial charge in [0.15, 0.2) is 0 Å². The molecule has 1 saturated carbocycles. The third kappa shape index (κ3) is 2.70. The fourth-order valence-corrected chi connectivity index (χ4v) is 3.41. The molecule has 0 atom stereocenters. The molecule has 0 radical (unpaired) electrons. The molecule has 3 nitrogen and oxygen atoms in total. The van der Waals surface area contributed by atoms with Gasteiger partial charge in [-0.05, 0) is 24.0 Å². The van der Waals surface area contributed by atoms with Crippen molar-refractivity contribution in [3.05, 3.63) is 35.4 Å². The molecule has 0 saturated heterocycles. The highest BCUT2D eigenvalue weighted by Crippen LogP contribution is 2.45. The lowest BCUT2D eigenvalue weighted by molar-refractivity contribution is 0.145. The Kier molecular flexibility index (Phi) is 4.42. The van der Waals surface area contributed by atoms with Gasteiger partial charge in [0.1, 0.15) is 0 Å². The van der Waals surface area contributed by atoms with Crippen molar-refractivity contribution in [1.82, 2.24) is 0 Å². The van der Waals surface area contributed by atoms with E-state index in [4.69, 9.17) is 4.74 Å². The molecule has 1 aliphatic rings. The summed E-state index contributed by atoms with van der Waals surface area (Å²) in [5.74, 6) is 0. The Hall–Kier alpha value is -1.44. The standard InChI is InChI=1S/C17H23NO2/c1-16(2,12-20-3)14-8-4-5-9-15(14)17(18-13-19)10-6-7-11-17/h4-5,8-9H,6-7,10-12H2,1-3H3. The maximum absolute atomic E-state index is 10.9. The maximum Gasteiger partial charge on any atom is 0.235 e. The van der Waals surface area contributed by atoms with Crippen LogP contribution >= 0.6 is 0 Å². The number of hydrogen-bond acceptors (Lipinski definition) is 3. The van der Waals surface area contributed by atoms with Crippen molar-refractivity contribution in [1.29, 1.82) is 0 Å². The van der Waals surface area contributed by atoms with Crippen LogP contribution in [0.3, 0.4) is 0 Å². The summed E-state index contributed by atoms with van der Waals surface area (Å²) in [4.78, 5) is 15.1. The second kappa shape index (κ2) is 5.90. The van der Waals surface area contributed by atoms with Gasteiger partial charge in [0.2, 0.25) is 6.08 Å². The maximum atomic E-state index is 10.9. The third-order valence-corrected chi connectivity index (χ3v) is 4.35. The molecule has 2 rings (SSSR count). The fraction of sp³-hybridized carbons (Fsp3) is 0.588. The van der Waals surface area contributed by atoms with Crippen molar-refractivity contribution < 1.29 is 9.53 Å². The minimum absolute atomic E-state index is 0.0979. The van der Waals surface area contributed by atoms with Gasteiger partial charge in [0.25, 0.3) is 0 Å². The highest BCUT2D eigenvalue weighted by atomic mass is 16.5. The molecule has 0 spiro atoms. The van der Waals surface area contributed by atoms with Crippen LogP contribution in [0, 0.1) is 0 Å². The summed E-state index contributed by atoms with van der Waals surface area (Å²) >= 11 is 0. The SMILES string of the molecule is COCC(C)(C)c1ccccc1C1(N=C=O)CCCC1. The van der Waals surface area contributed by atoms with Crippen LogP contribution in [0.1, 0.15) is 50.7 Å². The molecule has 0 unspecified atom stereocenters. The summed E-state index contributed by atoms with van der Waals surface area (Å²) in [5, 5.41) is 0. The zero-order chi connectivity index (χ0) is 14.6. The molecule has 0 aliphatic heterocycles. The first-order valence-electron chi connectivity index (χ1n) is 7.24. The molecule has 1 fully saturated rings. The Morgan fingerprint density at radius 3 is 2.55 bits per heavy atom. The molecular weight excluding hydrogens is 250 g/mol. The van der Waals surface area contributed by atoms with E-state index in [1.54, 1.807) is 13.2 Å². The molecular formula is C17H23NO2. The van der Waals surface area contributed by atoms with Crippen LogP contribution in [-0.2, 0) is 20.5 Å². The zero-order valence-corrected chi connectivity index (χ0v) is 12.6. The Morgan fingerprint density at radius 1 is 1.30 bits per heavy atom. The lowest BCUT2D eigenvalue weighted by atomic mass is 9.75. The zero-order valence-electron chi connectivity index (χ0n) is 12.6. The molecule has 3 heteroatoms. The van der Waals surface area contributed by atoms with Gasteiger partial charge < -0.3 is 4.74 Å². The van der Waals surface area contributed by atoms with Gasteiger partial charge >= 0.3 is 0 Å². The second-order valence-electron chi connectivity index (χ2n) is 6.30. The number of hydrogen-bond donors (Lipinski definition) is 0. The van der Waals surface area contributed by atoms with E-state index in [0.29, 0.717) is 6.61 Å². The molecule has 20 heavy (non-hydrogen) atoms. The predicted molar refractivity (Wildman–Crippen MR) is 79.6 cm³/mol. The lowest BCUT2D eigenvalue weighted by Crippen LogP contribution is -2.30. The highest BCUT2D eigenvalue weighted by Gasteiger charge is 2.39. The third-order valence-electron chi connectivity index (χ3n) is 4.35. The smallest absolute Gasteiger partial charge is 0.235 e. The van der Waals surface area contributed by atoms with Crippen LogP contribution in [0.25, 0.3) is 0 Å². The molecule has 1 aromatic rings. The number of aliphatic imine (C=N–C) groups is 1. The summed E-state index contributed by atoms with van der Waals surface area (Å²) in [5.41, 5.74) is 1.92. The van der Waals surface area contributed by atoms with E-state index < -0.39 is 0 Å². The molecule has 0 N–H and O–H groups in total. The van der Waals surface area contributed by atoms with E-state index in [-0.39, 0.29) is 11.0 Å². The second-order valence-corrected chi connectivity index (χ2v) is 6.30. The Morgan fingerprint density at radius 2 is 1.95 bits per heavy atom. The largest absolute Gasteiger partial charge is 0.384 e. The van der Waals surface area contributed by atoms with Crippen LogP contribution in [0.5, 0.6) is 0 Å². The Balaban J connectivity index is 2.54. The van der Waals surface area contributed by atoms with E-state index >= 15 is 0 Å². The summed E-state index contributed by atoms with van der Waals surface area (Å²) in [6.07, 6.45) is 5.90. The van der Waals surface area contributed by atoms with Gasteiger partial charge in [0.05, 0.1) is 12.1 Å². The van der Waals surface area contributed by atoms with Crippen molar-refractivity contribution >= 4 is 6.08 Å². The van der Waals surface area contributed by atoms with E-state index in [1.807, 2.05) is 12.1 Å². The molecule has 108 valence electrons. The molecule has 0 amide bonds. The number of isocyanates is 1. The number of ether oxygens (including phenoxy) is 1. The number of nitrogens with zero attached hydrogens (tertiary/aromatic N) is 1. The van der Waals surface area contributed by atoms with E-state index in [2.05, 4.69) is 31.0 Å². The minimum atomic E-state index is -0.372. The van der Waals surface area contributed by atoms with Gasteiger partial charge in [-0.15, -0.1) is 0 Å². The normalized spacial score (nSPS) is 17.8. The molecule has 0 bridgehead atoms. The van der Waals surface area contributed by atoms with E-state index in [0.717, 1.165) is 25.7 Å². The van der Waals surface area contributed by atoms with Gasteiger partial charge in [-0.3, -0.25) is 0 Å². The van der Waals surface area contributed by atoms with Crippen molar-refractivity contribution in [3.8, 4) is 0 Å². The molecule has 0 aromatic heterocycles. The predicted octanol–water partition coefficient (Wildman–Crippen LogP) is 3.72. The first kappa shape index (κ1) is 15.0. The van der Waals surface area contributed by atoms with Gasteiger partial charge in [0, 0.05) is 12.5 Å². The number of methoxy groups -OCH3 is 1. The number of benzene rings is 1. The Labute approximate surface area is 121 Å². The minimum Gasteiger partial charge on any atom is -0.384 e. The van der Waals surface area contributed by atoms with Crippen molar-refractivity contribution in [2.45, 2.75) is 50.5 Å². The summed E-state index contributed by atoms with van der Waals surface area (Å²) in [7, 11) is 1.72. The summed E-state index contributed by atoms with van der Waals surface area (Å²) in [6, 6.07) is 8.32. The van der Waals surface area contributed by atoms with Gasteiger partial charge in [-0.1, -0.05) is 51.0 Å². The molecule has 1 aromatic carbocycles. The van der Waals surface area contributed by atoms with Crippen molar-refractivity contribution in [2.75, 3.05) is 13.7 Å². The quantitative estimate of drug-likeness (QED) is 0.606. The van der Waals surface area contributed by atoms with E-state index in [1.165, 1.54) is 11.1 Å². The topological polar surface area (TPSA) is 38.7 Å². The van der Waals surface area contributed by atoms with Crippen LogP contribution in [0.4, 0.5) is 0 Å². The van der Waals surface area contributed by atoms with Gasteiger partial charge in [-0.2, -0.15) is 4.99 Å². The first-order valence-corrected chi connectivity index (χ1v) is 7.24. The number of carbonyl (C=O) groups excluding carboxylic acids is 1. The van der Waals surface area contributed by atoms with E-state index in [9.17, 15) is 4.79 Å². The van der Waals surface area contributed by atoms with Crippen molar-refractivity contribution in [2.24, 2.45) is 4.99 Å². The first-order chi connectivity index (χ1) is 9.56. The molecule has 1 aliphatic carbocycles. The summed E-state index contributed by atoms with van der Waals surface area (Å²) in [6.45, 7) is 4.98. The van der Waals surface area contributed by atoms with Crippen LogP contribution in [0.15, 0.2) is 29.3 Å². The average Bonchev–Trinajstić information content (AvgIpc) is 2.89. The van der Waals surface area contributed by atoms with Crippen LogP contribution in [-0.4, -0.2) is 19.8 Å². The van der Waals surface area contributed by atoms with Crippen molar-refractivity contribution in [3.63, 3.8) is 0 Å². The summed E-state index contributed by atoms with van der Waals surface area (Å²) < 4.78 is 5.36. The van der Waals surface area contributed by atoms with Crippen LogP contribution in [0.2, 0.25) is 0 Å². The van der Waals surface area contributed by atoms with Crippen LogP contribution < -0.4 is 0 Å².